The summed E-state index contributed by atoms with van der Waals surface area (Å²) in [5.74, 6) is 0. The summed E-state index contributed by atoms with van der Waals surface area (Å²) in [5, 5.41) is 8.51. The van der Waals surface area contributed by atoms with Gasteiger partial charge in [-0.25, -0.2) is 0 Å². The zero-order valence-corrected chi connectivity index (χ0v) is 15.2. The van der Waals surface area contributed by atoms with Crippen molar-refractivity contribution in [1.29, 1.82) is 0 Å². The number of likely N-dealkylation sites (N-methyl/N-ethyl adjacent to an activating group) is 1. The van der Waals surface area contributed by atoms with Gasteiger partial charge >= 0.3 is 0 Å². The van der Waals surface area contributed by atoms with Gasteiger partial charge in [-0.1, -0.05) is 0 Å². The van der Waals surface area contributed by atoms with Crippen molar-refractivity contribution in [2.45, 2.75) is 0 Å². The van der Waals surface area contributed by atoms with Crippen molar-refractivity contribution in [3.63, 3.8) is 0 Å². The maximum absolute atomic E-state index is 8.51. The van der Waals surface area contributed by atoms with E-state index in [1.54, 1.807) is 0 Å². The minimum Gasteiger partial charge on any atom is -0.394 e. The topological polar surface area (TPSA) is 78.9 Å². The molecule has 0 aliphatic heterocycles. The Kier molecular flexibility index (Phi) is 20.4. The molecule has 8 heteroatoms. The van der Waals surface area contributed by atoms with Gasteiger partial charge in [0.15, 0.2) is 0 Å². The van der Waals surface area contributed by atoms with Crippen LogP contribution in [0, 0.1) is 0 Å². The first-order chi connectivity index (χ1) is 11.8. The summed E-state index contributed by atoms with van der Waals surface area (Å²) in [5.41, 5.74) is 0. The molecule has 0 aliphatic rings. The quantitative estimate of drug-likeness (QED) is 0.297. The molecule has 0 radical (unpaired) electrons. The van der Waals surface area contributed by atoms with E-state index in [4.69, 9.17) is 33.5 Å². The minimum atomic E-state index is 0.0404. The van der Waals surface area contributed by atoms with Gasteiger partial charge in [-0.15, -0.1) is 0 Å². The molecule has 146 valence electrons. The molecule has 0 saturated heterocycles. The van der Waals surface area contributed by atoms with Crippen LogP contribution in [0.2, 0.25) is 0 Å². The highest BCUT2D eigenvalue weighted by Crippen LogP contribution is 1.85. The molecule has 1 N–H and O–H groups in total. The Labute approximate surface area is 145 Å². The largest absolute Gasteiger partial charge is 0.394 e. The van der Waals surface area contributed by atoms with Crippen LogP contribution in [0.5, 0.6) is 0 Å². The van der Waals surface area contributed by atoms with Crippen LogP contribution in [0.15, 0.2) is 0 Å². The van der Waals surface area contributed by atoms with Crippen molar-refractivity contribution in [1.82, 2.24) is 4.90 Å². The molecule has 0 atom stereocenters. The Morgan fingerprint density at radius 2 is 0.792 bits per heavy atom. The average molecular weight is 353 g/mol. The fourth-order valence-corrected chi connectivity index (χ4v) is 1.51. The first-order valence-corrected chi connectivity index (χ1v) is 8.49. The van der Waals surface area contributed by atoms with Crippen molar-refractivity contribution in [2.24, 2.45) is 0 Å². The molecule has 0 aromatic heterocycles. The highest BCUT2D eigenvalue weighted by Gasteiger charge is 1.94. The minimum absolute atomic E-state index is 0.0404. The third-order valence-corrected chi connectivity index (χ3v) is 2.78. The van der Waals surface area contributed by atoms with E-state index in [1.807, 2.05) is 14.1 Å². The highest BCUT2D eigenvalue weighted by molar-refractivity contribution is 4.40. The van der Waals surface area contributed by atoms with Gasteiger partial charge in [-0.3, -0.25) is 0 Å². The van der Waals surface area contributed by atoms with Gasteiger partial charge in [0.25, 0.3) is 0 Å². The Balaban J connectivity index is 2.95. The maximum Gasteiger partial charge on any atom is 0.0701 e. The van der Waals surface area contributed by atoms with Crippen LogP contribution in [-0.2, 0) is 28.4 Å². The Bertz CT molecular complexity index is 232. The van der Waals surface area contributed by atoms with E-state index in [-0.39, 0.29) is 6.61 Å². The predicted octanol–water partition coefficient (Wildman–Crippen LogP) is -0.360. The van der Waals surface area contributed by atoms with Crippen molar-refractivity contribution < 1.29 is 33.5 Å². The number of aliphatic hydroxyl groups excluding tert-OH is 1. The van der Waals surface area contributed by atoms with Crippen LogP contribution < -0.4 is 0 Å². The van der Waals surface area contributed by atoms with E-state index >= 15 is 0 Å². The molecule has 0 saturated carbocycles. The second-order valence-corrected chi connectivity index (χ2v) is 5.20. The number of aliphatic hydroxyl groups is 1. The summed E-state index contributed by atoms with van der Waals surface area (Å²) < 4.78 is 31.9. The van der Waals surface area contributed by atoms with Crippen LogP contribution in [-0.4, -0.2) is 117 Å². The predicted molar refractivity (Wildman–Crippen MR) is 90.6 cm³/mol. The van der Waals surface area contributed by atoms with Gasteiger partial charge in [0, 0.05) is 6.54 Å². The standard InChI is InChI=1S/C16H35NO7/c1-17(2)3-5-19-7-9-21-11-13-23-15-16-24-14-12-22-10-8-20-6-4-18/h18H,3-16H2,1-2H3. The van der Waals surface area contributed by atoms with E-state index in [1.165, 1.54) is 0 Å². The molecule has 8 nitrogen and oxygen atoms in total. The molecule has 0 aromatic rings. The monoisotopic (exact) mass is 353 g/mol. The summed E-state index contributed by atoms with van der Waals surface area (Å²) in [6.07, 6.45) is 0. The summed E-state index contributed by atoms with van der Waals surface area (Å²) in [4.78, 5) is 2.08. The summed E-state index contributed by atoms with van der Waals surface area (Å²) in [6.45, 7) is 7.50. The molecule has 0 heterocycles. The van der Waals surface area contributed by atoms with Gasteiger partial charge in [0.2, 0.25) is 0 Å². The second kappa shape index (κ2) is 20.7. The van der Waals surface area contributed by atoms with Gasteiger partial charge in [0.05, 0.1) is 85.9 Å². The molecular formula is C16H35NO7. The van der Waals surface area contributed by atoms with Gasteiger partial charge in [0.1, 0.15) is 0 Å². The summed E-state index contributed by atoms with van der Waals surface area (Å²) >= 11 is 0. The smallest absolute Gasteiger partial charge is 0.0701 e. The molecule has 0 spiro atoms. The zero-order chi connectivity index (χ0) is 17.7. The van der Waals surface area contributed by atoms with E-state index < -0.39 is 0 Å². The Hall–Kier alpha value is -0.320. The van der Waals surface area contributed by atoms with Crippen LogP contribution in [0.3, 0.4) is 0 Å². The zero-order valence-electron chi connectivity index (χ0n) is 15.2. The molecular weight excluding hydrogens is 318 g/mol. The van der Waals surface area contributed by atoms with E-state index in [2.05, 4.69) is 4.90 Å². The second-order valence-electron chi connectivity index (χ2n) is 5.20. The van der Waals surface area contributed by atoms with Crippen LogP contribution >= 0.6 is 0 Å². The summed E-state index contributed by atoms with van der Waals surface area (Å²) in [7, 11) is 4.04. The van der Waals surface area contributed by atoms with Crippen LogP contribution in [0.4, 0.5) is 0 Å². The lowest BCUT2D eigenvalue weighted by atomic mass is 10.6. The first kappa shape index (κ1) is 23.7. The average Bonchev–Trinajstić information content (AvgIpc) is 2.56. The van der Waals surface area contributed by atoms with Crippen molar-refractivity contribution in [3.8, 4) is 0 Å². The molecule has 0 amide bonds. The first-order valence-electron chi connectivity index (χ1n) is 8.49. The molecule has 24 heavy (non-hydrogen) atoms. The number of hydrogen-bond acceptors (Lipinski definition) is 8. The fourth-order valence-electron chi connectivity index (χ4n) is 1.51. The lowest BCUT2D eigenvalue weighted by Crippen LogP contribution is -2.19. The molecule has 0 aromatic carbocycles. The van der Waals surface area contributed by atoms with E-state index in [0.29, 0.717) is 72.7 Å². The van der Waals surface area contributed by atoms with Gasteiger partial charge in [-0.05, 0) is 14.1 Å². The van der Waals surface area contributed by atoms with Crippen molar-refractivity contribution in [3.05, 3.63) is 0 Å². The SMILES string of the molecule is CN(C)CCOCCOCCOCCOCCOCCOCCO. The Morgan fingerprint density at radius 1 is 0.500 bits per heavy atom. The molecule has 0 aliphatic carbocycles. The lowest BCUT2D eigenvalue weighted by Gasteiger charge is -2.10. The number of ether oxygens (including phenoxy) is 6. The van der Waals surface area contributed by atoms with Crippen molar-refractivity contribution in [2.75, 3.05) is 107 Å². The van der Waals surface area contributed by atoms with E-state index in [0.717, 1.165) is 13.2 Å². The maximum atomic E-state index is 8.51. The molecule has 0 bridgehead atoms. The normalized spacial score (nSPS) is 11.5. The lowest BCUT2D eigenvalue weighted by molar-refractivity contribution is -0.0185. The van der Waals surface area contributed by atoms with Crippen LogP contribution in [0.1, 0.15) is 0 Å². The van der Waals surface area contributed by atoms with Gasteiger partial charge < -0.3 is 38.4 Å². The Morgan fingerprint density at radius 3 is 1.08 bits per heavy atom. The number of hydrogen-bond donors (Lipinski definition) is 1. The number of rotatable bonds is 20. The van der Waals surface area contributed by atoms with Gasteiger partial charge in [-0.2, -0.15) is 0 Å². The number of nitrogens with zero attached hydrogens (tertiary/aromatic N) is 1. The summed E-state index contributed by atoms with van der Waals surface area (Å²) in [6, 6.07) is 0. The van der Waals surface area contributed by atoms with Crippen LogP contribution in [0.25, 0.3) is 0 Å². The molecule has 0 fully saturated rings. The van der Waals surface area contributed by atoms with E-state index in [9.17, 15) is 0 Å². The fraction of sp³-hybridized carbons (Fsp3) is 1.00. The molecule has 0 rings (SSSR count). The third kappa shape index (κ3) is 21.7. The highest BCUT2D eigenvalue weighted by atomic mass is 16.6. The third-order valence-electron chi connectivity index (χ3n) is 2.78. The molecule has 0 unspecified atom stereocenters. The van der Waals surface area contributed by atoms with Crippen molar-refractivity contribution >= 4 is 0 Å².